The van der Waals surface area contributed by atoms with E-state index >= 15 is 0 Å². The molecule has 146 valence electrons. The molecular formula is C19H23ClN2O3S2. The number of anilines is 1. The largest absolute Gasteiger partial charge is 0.353 e. The molecule has 1 amide bonds. The Morgan fingerprint density at radius 1 is 1.15 bits per heavy atom. The number of sulfonamides is 1. The zero-order chi connectivity index (χ0) is 19.9. The molecule has 1 atom stereocenters. The van der Waals surface area contributed by atoms with Crippen molar-refractivity contribution in [2.75, 3.05) is 22.9 Å². The van der Waals surface area contributed by atoms with Crippen LogP contribution in [0.25, 0.3) is 0 Å². The van der Waals surface area contributed by atoms with Crippen LogP contribution in [0, 0.1) is 0 Å². The minimum atomic E-state index is -3.59. The SMILES string of the molecule is C[C@@H](C(=O)NCCSCc1ccccc1Cl)N(c1ccccc1)S(C)(=O)=O. The van der Waals surface area contributed by atoms with Gasteiger partial charge in [-0.25, -0.2) is 8.42 Å². The Balaban J connectivity index is 1.87. The van der Waals surface area contributed by atoms with Crippen molar-refractivity contribution in [1.82, 2.24) is 5.32 Å². The Morgan fingerprint density at radius 3 is 2.41 bits per heavy atom. The molecule has 2 rings (SSSR count). The van der Waals surface area contributed by atoms with E-state index in [9.17, 15) is 13.2 Å². The van der Waals surface area contributed by atoms with Crippen molar-refractivity contribution in [3.8, 4) is 0 Å². The number of carbonyl (C=O) groups is 1. The molecule has 2 aromatic carbocycles. The summed E-state index contributed by atoms with van der Waals surface area (Å²) in [4.78, 5) is 12.4. The van der Waals surface area contributed by atoms with Crippen LogP contribution < -0.4 is 9.62 Å². The van der Waals surface area contributed by atoms with Gasteiger partial charge in [-0.05, 0) is 30.7 Å². The average Bonchev–Trinajstić information content (AvgIpc) is 2.62. The van der Waals surface area contributed by atoms with E-state index in [1.165, 1.54) is 0 Å². The predicted molar refractivity (Wildman–Crippen MR) is 114 cm³/mol. The minimum Gasteiger partial charge on any atom is -0.353 e. The van der Waals surface area contributed by atoms with Crippen molar-refractivity contribution in [3.05, 3.63) is 65.2 Å². The van der Waals surface area contributed by atoms with Gasteiger partial charge >= 0.3 is 0 Å². The lowest BCUT2D eigenvalue weighted by atomic mass is 10.2. The molecule has 0 heterocycles. The fraction of sp³-hybridized carbons (Fsp3) is 0.316. The molecule has 8 heteroatoms. The second kappa shape index (κ2) is 10.0. The molecule has 0 aromatic heterocycles. The van der Waals surface area contributed by atoms with E-state index in [1.807, 2.05) is 24.3 Å². The molecule has 0 bridgehead atoms. The van der Waals surface area contributed by atoms with Crippen molar-refractivity contribution in [2.24, 2.45) is 0 Å². The van der Waals surface area contributed by atoms with Crippen LogP contribution in [0.4, 0.5) is 5.69 Å². The van der Waals surface area contributed by atoms with Crippen molar-refractivity contribution in [2.45, 2.75) is 18.7 Å². The Hall–Kier alpha value is -1.70. The Morgan fingerprint density at radius 2 is 1.78 bits per heavy atom. The number of hydrogen-bond acceptors (Lipinski definition) is 4. The third-order valence-corrected chi connectivity index (χ3v) is 6.48. The van der Waals surface area contributed by atoms with E-state index in [-0.39, 0.29) is 5.91 Å². The third-order valence-electron chi connectivity index (χ3n) is 3.86. The van der Waals surface area contributed by atoms with Crippen LogP contribution in [-0.4, -0.2) is 38.9 Å². The number of benzene rings is 2. The summed E-state index contributed by atoms with van der Waals surface area (Å²) in [7, 11) is -3.59. The van der Waals surface area contributed by atoms with Gasteiger partial charge in [0.05, 0.1) is 11.9 Å². The summed E-state index contributed by atoms with van der Waals surface area (Å²) in [6.07, 6.45) is 1.10. The standard InChI is InChI=1S/C19H23ClN2O3S2/c1-15(22(27(2,24)25)17-9-4-3-5-10-17)19(23)21-12-13-26-14-16-8-6-7-11-18(16)20/h3-11,15H,12-14H2,1-2H3,(H,21,23)/t15-/m0/s1. The number of rotatable bonds is 9. The molecule has 0 saturated heterocycles. The summed E-state index contributed by atoms with van der Waals surface area (Å²) in [6, 6.07) is 15.4. The number of nitrogens with one attached hydrogen (secondary N) is 1. The molecule has 27 heavy (non-hydrogen) atoms. The van der Waals surface area contributed by atoms with Crippen molar-refractivity contribution in [1.29, 1.82) is 0 Å². The van der Waals surface area contributed by atoms with Gasteiger partial charge < -0.3 is 5.32 Å². The van der Waals surface area contributed by atoms with Gasteiger partial charge in [-0.1, -0.05) is 48.0 Å². The molecule has 2 aromatic rings. The smallest absolute Gasteiger partial charge is 0.243 e. The van der Waals surface area contributed by atoms with E-state index < -0.39 is 16.1 Å². The van der Waals surface area contributed by atoms with E-state index in [1.54, 1.807) is 49.0 Å². The van der Waals surface area contributed by atoms with E-state index in [0.29, 0.717) is 18.0 Å². The fourth-order valence-corrected chi connectivity index (χ4v) is 4.89. The first kappa shape index (κ1) is 21.6. The van der Waals surface area contributed by atoms with Gasteiger partial charge in [0.15, 0.2) is 0 Å². The summed E-state index contributed by atoms with van der Waals surface area (Å²) in [5.41, 5.74) is 1.52. The Kier molecular flexibility index (Phi) is 8.01. The number of thioether (sulfide) groups is 1. The molecule has 0 fully saturated rings. The highest BCUT2D eigenvalue weighted by Crippen LogP contribution is 2.21. The lowest BCUT2D eigenvalue weighted by molar-refractivity contribution is -0.121. The first-order valence-electron chi connectivity index (χ1n) is 8.44. The van der Waals surface area contributed by atoms with Gasteiger partial charge in [0.25, 0.3) is 0 Å². The van der Waals surface area contributed by atoms with E-state index in [2.05, 4.69) is 5.32 Å². The monoisotopic (exact) mass is 426 g/mol. The normalized spacial score (nSPS) is 12.4. The predicted octanol–water partition coefficient (Wildman–Crippen LogP) is 3.54. The van der Waals surface area contributed by atoms with E-state index in [4.69, 9.17) is 11.6 Å². The van der Waals surface area contributed by atoms with Gasteiger partial charge in [-0.3, -0.25) is 9.10 Å². The topological polar surface area (TPSA) is 66.5 Å². The van der Waals surface area contributed by atoms with Gasteiger partial charge in [-0.2, -0.15) is 11.8 Å². The molecule has 0 aliphatic rings. The summed E-state index contributed by atoms with van der Waals surface area (Å²) < 4.78 is 25.5. The molecule has 0 radical (unpaired) electrons. The van der Waals surface area contributed by atoms with Crippen LogP contribution in [0.2, 0.25) is 5.02 Å². The maximum Gasteiger partial charge on any atom is 0.243 e. The molecule has 0 aliphatic heterocycles. The summed E-state index contributed by atoms with van der Waals surface area (Å²) in [5.74, 6) is 1.13. The zero-order valence-electron chi connectivity index (χ0n) is 15.3. The highest BCUT2D eigenvalue weighted by atomic mass is 35.5. The average molecular weight is 427 g/mol. The van der Waals surface area contributed by atoms with Gasteiger partial charge in [-0.15, -0.1) is 0 Å². The Bertz CT molecular complexity index is 860. The molecule has 1 N–H and O–H groups in total. The lowest BCUT2D eigenvalue weighted by Crippen LogP contribution is -2.48. The fourth-order valence-electron chi connectivity index (χ4n) is 2.58. The molecule has 0 aliphatic carbocycles. The first-order chi connectivity index (χ1) is 12.8. The third kappa shape index (κ3) is 6.45. The van der Waals surface area contributed by atoms with Gasteiger partial charge in [0, 0.05) is 23.1 Å². The Labute approximate surface area is 170 Å². The van der Waals surface area contributed by atoms with Crippen LogP contribution in [0.1, 0.15) is 12.5 Å². The number of halogens is 1. The second-order valence-corrected chi connectivity index (χ2v) is 9.38. The molecule has 5 nitrogen and oxygen atoms in total. The first-order valence-corrected chi connectivity index (χ1v) is 11.8. The molecule has 0 spiro atoms. The van der Waals surface area contributed by atoms with Gasteiger partial charge in [0.1, 0.15) is 6.04 Å². The second-order valence-electron chi connectivity index (χ2n) is 6.01. The van der Waals surface area contributed by atoms with Crippen molar-refractivity contribution >= 4 is 45.0 Å². The minimum absolute atomic E-state index is 0.331. The highest BCUT2D eigenvalue weighted by Gasteiger charge is 2.28. The van der Waals surface area contributed by atoms with Crippen LogP contribution in [0.15, 0.2) is 54.6 Å². The summed E-state index contributed by atoms with van der Waals surface area (Å²) in [5, 5.41) is 3.54. The van der Waals surface area contributed by atoms with Crippen LogP contribution in [0.3, 0.4) is 0 Å². The van der Waals surface area contributed by atoms with Crippen LogP contribution in [-0.2, 0) is 20.6 Å². The summed E-state index contributed by atoms with van der Waals surface area (Å²) in [6.45, 7) is 2.03. The highest BCUT2D eigenvalue weighted by molar-refractivity contribution is 7.98. The molecule has 0 unspecified atom stereocenters. The quantitative estimate of drug-likeness (QED) is 0.623. The number of hydrogen-bond donors (Lipinski definition) is 1. The van der Waals surface area contributed by atoms with E-state index in [0.717, 1.165) is 26.9 Å². The van der Waals surface area contributed by atoms with Crippen LogP contribution in [0.5, 0.6) is 0 Å². The zero-order valence-corrected chi connectivity index (χ0v) is 17.7. The maximum atomic E-state index is 12.4. The number of carbonyl (C=O) groups excluding carboxylic acids is 1. The number of amides is 1. The van der Waals surface area contributed by atoms with Crippen molar-refractivity contribution < 1.29 is 13.2 Å². The molecular weight excluding hydrogens is 404 g/mol. The molecule has 0 saturated carbocycles. The number of para-hydroxylation sites is 1. The van der Waals surface area contributed by atoms with Crippen LogP contribution >= 0.6 is 23.4 Å². The maximum absolute atomic E-state index is 12.4. The van der Waals surface area contributed by atoms with Gasteiger partial charge in [0.2, 0.25) is 15.9 Å². The summed E-state index contributed by atoms with van der Waals surface area (Å²) >= 11 is 7.77. The lowest BCUT2D eigenvalue weighted by Gasteiger charge is -2.28. The van der Waals surface area contributed by atoms with Crippen molar-refractivity contribution in [3.63, 3.8) is 0 Å². The number of nitrogens with zero attached hydrogens (tertiary/aromatic N) is 1.